The molecule has 5 rings (SSSR count). The summed E-state index contributed by atoms with van der Waals surface area (Å²) in [6.45, 7) is 8.50. The molecule has 9 atom stereocenters. The number of fused-ring (bicyclic) bond motifs is 5. The molecule has 34 heavy (non-hydrogen) atoms. The molecule has 0 bridgehead atoms. The molecule has 0 aromatic heterocycles. The number of Topliss-reactive ketones (excluding diaryl/α,β-unsaturated/α-hetero) is 1. The number of ketones is 1. The van der Waals surface area contributed by atoms with Gasteiger partial charge in [-0.2, -0.15) is 0 Å². The lowest BCUT2D eigenvalue weighted by atomic mass is 9.44. The van der Waals surface area contributed by atoms with Gasteiger partial charge in [-0.15, -0.1) is 0 Å². The van der Waals surface area contributed by atoms with E-state index in [4.69, 9.17) is 4.74 Å². The molecule has 5 heteroatoms. The van der Waals surface area contributed by atoms with Gasteiger partial charge in [0.05, 0.1) is 11.7 Å². The van der Waals surface area contributed by atoms with Gasteiger partial charge in [0.25, 0.3) is 0 Å². The summed E-state index contributed by atoms with van der Waals surface area (Å²) < 4.78 is 7.37. The van der Waals surface area contributed by atoms with E-state index >= 15 is 0 Å². The van der Waals surface area contributed by atoms with Gasteiger partial charge in [0.1, 0.15) is 0 Å². The van der Waals surface area contributed by atoms with Gasteiger partial charge in [-0.05, 0) is 128 Å². The normalized spacial score (nSPS) is 45.6. The van der Waals surface area contributed by atoms with E-state index in [1.165, 1.54) is 12.8 Å². The summed E-state index contributed by atoms with van der Waals surface area (Å²) in [5.41, 5.74) is -0.601. The average molecular weight is 579 g/mol. The van der Waals surface area contributed by atoms with E-state index in [1.54, 1.807) is 13.0 Å². The molecule has 1 aromatic rings. The second-order valence-electron chi connectivity index (χ2n) is 12.4. The van der Waals surface area contributed by atoms with Gasteiger partial charge >= 0.3 is 5.97 Å². The van der Waals surface area contributed by atoms with E-state index in [0.29, 0.717) is 29.2 Å². The number of rotatable bonds is 3. The highest BCUT2D eigenvalue weighted by atomic mass is 127. The first-order chi connectivity index (χ1) is 16.0. The predicted octanol–water partition coefficient (Wildman–Crippen LogP) is 6.43. The number of aliphatic hydroxyl groups excluding tert-OH is 1. The molecule has 0 unspecified atom stereocenters. The van der Waals surface area contributed by atoms with Crippen LogP contribution >= 0.6 is 22.6 Å². The molecule has 0 heterocycles. The van der Waals surface area contributed by atoms with Crippen molar-refractivity contribution in [2.24, 2.45) is 40.4 Å². The SMILES string of the molecule is CC(=O)[C@@]1(OC(=O)c2cccc(I)c2)[C@H](C)C[C@H]2[C@@H]3CC[C@H]4C[C@H](O)CC[C@]4(C)[C@H]3CC[C@@]21C. The quantitative estimate of drug-likeness (QED) is 0.332. The van der Waals surface area contributed by atoms with Crippen molar-refractivity contribution in [1.82, 2.24) is 0 Å². The van der Waals surface area contributed by atoms with Gasteiger partial charge in [-0.1, -0.05) is 26.8 Å². The van der Waals surface area contributed by atoms with Crippen LogP contribution in [0.15, 0.2) is 24.3 Å². The highest BCUT2D eigenvalue weighted by Crippen LogP contribution is 2.70. The summed E-state index contributed by atoms with van der Waals surface area (Å²) in [6.07, 6.45) is 8.13. The number of halogens is 1. The molecule has 4 nitrogen and oxygen atoms in total. The maximum absolute atomic E-state index is 13.5. The van der Waals surface area contributed by atoms with Crippen molar-refractivity contribution >= 4 is 34.3 Å². The zero-order valence-corrected chi connectivity index (χ0v) is 23.1. The minimum Gasteiger partial charge on any atom is -0.447 e. The summed E-state index contributed by atoms with van der Waals surface area (Å²) in [5.74, 6) is 1.83. The lowest BCUT2D eigenvalue weighted by Gasteiger charge is -2.61. The van der Waals surface area contributed by atoms with Gasteiger partial charge in [0, 0.05) is 14.9 Å². The van der Waals surface area contributed by atoms with Crippen LogP contribution in [0.1, 0.15) is 89.4 Å². The first kappa shape index (κ1) is 24.7. The number of carbonyl (C=O) groups is 2. The molecule has 1 aromatic carbocycles. The molecule has 4 saturated carbocycles. The monoisotopic (exact) mass is 578 g/mol. The van der Waals surface area contributed by atoms with Crippen LogP contribution in [0.25, 0.3) is 0 Å². The molecule has 4 aliphatic rings. The van der Waals surface area contributed by atoms with Crippen molar-refractivity contribution in [3.8, 4) is 0 Å². The Morgan fingerprint density at radius 2 is 1.82 bits per heavy atom. The lowest BCUT2D eigenvalue weighted by Crippen LogP contribution is -2.61. The Morgan fingerprint density at radius 1 is 1.06 bits per heavy atom. The minimum atomic E-state index is -1.07. The third-order valence-corrected chi connectivity index (χ3v) is 11.7. The molecule has 0 saturated heterocycles. The van der Waals surface area contributed by atoms with Gasteiger partial charge < -0.3 is 9.84 Å². The number of carbonyl (C=O) groups excluding carboxylic acids is 2. The Kier molecular flexibility index (Phi) is 6.23. The van der Waals surface area contributed by atoms with Gasteiger partial charge in [0.15, 0.2) is 11.4 Å². The van der Waals surface area contributed by atoms with E-state index in [2.05, 4.69) is 43.4 Å². The van der Waals surface area contributed by atoms with Crippen LogP contribution in [-0.2, 0) is 9.53 Å². The Morgan fingerprint density at radius 3 is 2.53 bits per heavy atom. The number of hydrogen-bond acceptors (Lipinski definition) is 4. The molecule has 0 amide bonds. The zero-order valence-electron chi connectivity index (χ0n) is 21.0. The van der Waals surface area contributed by atoms with Crippen LogP contribution < -0.4 is 0 Å². The fourth-order valence-corrected chi connectivity index (χ4v) is 9.96. The van der Waals surface area contributed by atoms with Crippen molar-refractivity contribution in [1.29, 1.82) is 0 Å². The Balaban J connectivity index is 1.48. The average Bonchev–Trinajstić information content (AvgIpc) is 3.01. The van der Waals surface area contributed by atoms with Crippen LogP contribution in [0, 0.1) is 44.0 Å². The topological polar surface area (TPSA) is 63.6 Å². The van der Waals surface area contributed by atoms with Crippen LogP contribution in [0.5, 0.6) is 0 Å². The van der Waals surface area contributed by atoms with E-state index in [1.807, 2.05) is 18.2 Å². The number of esters is 1. The first-order valence-corrected chi connectivity index (χ1v) is 14.3. The fourth-order valence-electron chi connectivity index (χ4n) is 9.42. The maximum Gasteiger partial charge on any atom is 0.339 e. The fraction of sp³-hybridized carbons (Fsp3) is 0.724. The lowest BCUT2D eigenvalue weighted by molar-refractivity contribution is -0.176. The molecule has 0 spiro atoms. The molecular weight excluding hydrogens is 539 g/mol. The summed E-state index contributed by atoms with van der Waals surface area (Å²) >= 11 is 2.20. The molecule has 1 N–H and O–H groups in total. The van der Waals surface area contributed by atoms with Gasteiger partial charge in [0.2, 0.25) is 0 Å². The van der Waals surface area contributed by atoms with Crippen LogP contribution in [0.3, 0.4) is 0 Å². The number of benzene rings is 1. The third kappa shape index (κ3) is 3.46. The zero-order chi connectivity index (χ0) is 24.5. The number of aliphatic hydroxyl groups is 1. The van der Waals surface area contributed by atoms with Crippen LogP contribution in [0.2, 0.25) is 0 Å². The number of ether oxygens (including phenoxy) is 1. The highest BCUT2D eigenvalue weighted by Gasteiger charge is 2.70. The predicted molar refractivity (Wildman–Crippen MR) is 140 cm³/mol. The standard InChI is InChI=1S/C29H39IO4/c1-17-14-25-23-9-8-20-16-22(32)10-12-27(20,3)24(23)11-13-28(25,4)29(17,18(2)31)34-26(33)19-6-5-7-21(30)15-19/h5-7,15,17,20,22-25,32H,8-14,16H2,1-4H3/t17-,20+,22-,23-,24+,25+,27+,28+,29+/m1/s1. The third-order valence-electron chi connectivity index (χ3n) is 11.0. The van der Waals surface area contributed by atoms with Crippen molar-refractivity contribution in [3.05, 3.63) is 33.4 Å². The molecular formula is C29H39IO4. The Labute approximate surface area is 217 Å². The second-order valence-corrected chi connectivity index (χ2v) is 13.6. The first-order valence-electron chi connectivity index (χ1n) is 13.2. The van der Waals surface area contributed by atoms with Crippen molar-refractivity contribution in [3.63, 3.8) is 0 Å². The van der Waals surface area contributed by atoms with Crippen molar-refractivity contribution in [2.45, 2.75) is 90.8 Å². The summed E-state index contributed by atoms with van der Waals surface area (Å²) in [4.78, 5) is 26.8. The van der Waals surface area contributed by atoms with Gasteiger partial charge in [-0.25, -0.2) is 4.79 Å². The Hall–Kier alpha value is -0.950. The van der Waals surface area contributed by atoms with E-state index in [-0.39, 0.29) is 34.6 Å². The second kappa shape index (κ2) is 8.57. The molecule has 4 aliphatic carbocycles. The molecule has 0 radical (unpaired) electrons. The molecule has 186 valence electrons. The summed E-state index contributed by atoms with van der Waals surface area (Å²) in [5, 5.41) is 10.3. The van der Waals surface area contributed by atoms with Crippen molar-refractivity contribution in [2.75, 3.05) is 0 Å². The van der Waals surface area contributed by atoms with Gasteiger partial charge in [-0.3, -0.25) is 4.79 Å². The van der Waals surface area contributed by atoms with Crippen LogP contribution in [-0.4, -0.2) is 28.6 Å². The molecule has 0 aliphatic heterocycles. The summed E-state index contributed by atoms with van der Waals surface area (Å²) in [7, 11) is 0. The highest BCUT2D eigenvalue weighted by molar-refractivity contribution is 14.1. The summed E-state index contributed by atoms with van der Waals surface area (Å²) in [6, 6.07) is 7.45. The smallest absolute Gasteiger partial charge is 0.339 e. The minimum absolute atomic E-state index is 0.00288. The Bertz CT molecular complexity index is 992. The maximum atomic E-state index is 13.5. The largest absolute Gasteiger partial charge is 0.447 e. The number of hydrogen-bond donors (Lipinski definition) is 1. The van der Waals surface area contributed by atoms with Crippen LogP contribution in [0.4, 0.5) is 0 Å². The van der Waals surface area contributed by atoms with E-state index < -0.39 is 5.60 Å². The van der Waals surface area contributed by atoms with E-state index in [0.717, 1.165) is 42.1 Å². The van der Waals surface area contributed by atoms with E-state index in [9.17, 15) is 14.7 Å². The van der Waals surface area contributed by atoms with Crippen molar-refractivity contribution < 1.29 is 19.4 Å². The molecule has 4 fully saturated rings.